The highest BCUT2D eigenvalue weighted by atomic mass is 16.2. The van der Waals surface area contributed by atoms with Crippen LogP contribution in [0.4, 0.5) is 5.95 Å². The highest BCUT2D eigenvalue weighted by Crippen LogP contribution is 2.31. The minimum atomic E-state index is -0.225. The Balaban J connectivity index is 1.29. The van der Waals surface area contributed by atoms with E-state index in [1.165, 1.54) is 11.6 Å². The molecule has 0 bridgehead atoms. The van der Waals surface area contributed by atoms with E-state index in [-0.39, 0.29) is 29.0 Å². The van der Waals surface area contributed by atoms with Crippen LogP contribution >= 0.6 is 0 Å². The number of rotatable bonds is 3. The number of carbonyl (C=O) groups is 1. The molecule has 8 heteroatoms. The van der Waals surface area contributed by atoms with Crippen LogP contribution in [-0.4, -0.2) is 49.0 Å². The van der Waals surface area contributed by atoms with E-state index < -0.39 is 0 Å². The van der Waals surface area contributed by atoms with E-state index in [2.05, 4.69) is 54.4 Å². The summed E-state index contributed by atoms with van der Waals surface area (Å²) in [6, 6.07) is 17.9. The van der Waals surface area contributed by atoms with E-state index in [0.717, 1.165) is 36.0 Å². The van der Waals surface area contributed by atoms with Gasteiger partial charge in [-0.2, -0.15) is 4.98 Å². The van der Waals surface area contributed by atoms with E-state index in [4.69, 9.17) is 4.98 Å². The highest BCUT2D eigenvalue weighted by molar-refractivity contribution is 5.97. The maximum atomic E-state index is 13.0. The first-order chi connectivity index (χ1) is 17.3. The molecule has 2 aliphatic heterocycles. The zero-order chi connectivity index (χ0) is 25.0. The number of nitrogens with zero attached hydrogens (tertiary/aromatic N) is 4. The van der Waals surface area contributed by atoms with E-state index in [1.807, 2.05) is 35.2 Å². The first-order valence-electron chi connectivity index (χ1n) is 12.5. The third kappa shape index (κ3) is 3.96. The van der Waals surface area contributed by atoms with Crippen LogP contribution in [0.2, 0.25) is 0 Å². The molecule has 0 aliphatic carbocycles. The Bertz CT molecular complexity index is 1510. The summed E-state index contributed by atoms with van der Waals surface area (Å²) in [4.78, 5) is 36.6. The summed E-state index contributed by atoms with van der Waals surface area (Å²) in [6.45, 7) is 7.24. The SMILES string of the molecule is CC(C)(C)c1ccc(-c2nc(NC3CCN4C(=O)c5ccccc5CC4C3)n3[nH]c(=O)cc3n2)cc1. The first-order valence-corrected chi connectivity index (χ1v) is 12.5. The van der Waals surface area contributed by atoms with E-state index >= 15 is 0 Å². The number of aromatic nitrogens is 4. The molecular formula is C28H30N6O2. The second kappa shape index (κ2) is 8.33. The lowest BCUT2D eigenvalue weighted by Crippen LogP contribution is -2.52. The molecule has 4 heterocycles. The number of anilines is 1. The lowest BCUT2D eigenvalue weighted by atomic mass is 9.86. The Kier molecular flexibility index (Phi) is 5.21. The van der Waals surface area contributed by atoms with Gasteiger partial charge in [-0.15, -0.1) is 0 Å². The molecule has 1 saturated heterocycles. The Morgan fingerprint density at radius 3 is 2.58 bits per heavy atom. The van der Waals surface area contributed by atoms with Crippen LogP contribution in [0.5, 0.6) is 0 Å². The van der Waals surface area contributed by atoms with E-state index in [9.17, 15) is 9.59 Å². The van der Waals surface area contributed by atoms with Gasteiger partial charge in [0, 0.05) is 35.8 Å². The number of nitrogens with one attached hydrogen (secondary N) is 2. The molecule has 8 nitrogen and oxygen atoms in total. The number of aromatic amines is 1. The third-order valence-electron chi connectivity index (χ3n) is 7.38. The van der Waals surface area contributed by atoms with Gasteiger partial charge < -0.3 is 10.2 Å². The van der Waals surface area contributed by atoms with Crippen LogP contribution in [0.3, 0.4) is 0 Å². The zero-order valence-corrected chi connectivity index (χ0v) is 20.8. The van der Waals surface area contributed by atoms with Crippen molar-refractivity contribution in [2.45, 2.75) is 57.5 Å². The Morgan fingerprint density at radius 1 is 1.03 bits per heavy atom. The molecule has 2 aliphatic rings. The second-order valence-corrected chi connectivity index (χ2v) is 10.9. The quantitative estimate of drug-likeness (QED) is 0.460. The number of amides is 1. The average molecular weight is 483 g/mol. The smallest absolute Gasteiger partial charge is 0.266 e. The lowest BCUT2D eigenvalue weighted by molar-refractivity contribution is 0.0570. The van der Waals surface area contributed by atoms with Gasteiger partial charge in [-0.3, -0.25) is 14.7 Å². The molecule has 1 amide bonds. The third-order valence-corrected chi connectivity index (χ3v) is 7.38. The highest BCUT2D eigenvalue weighted by Gasteiger charge is 2.37. The number of carbonyl (C=O) groups excluding carboxylic acids is 1. The monoisotopic (exact) mass is 482 g/mol. The first kappa shape index (κ1) is 22.5. The molecule has 0 spiro atoms. The Labute approximate surface area is 209 Å². The lowest BCUT2D eigenvalue weighted by Gasteiger charge is -2.43. The molecule has 184 valence electrons. The summed E-state index contributed by atoms with van der Waals surface area (Å²) < 4.78 is 1.61. The van der Waals surface area contributed by atoms with Gasteiger partial charge in [0.25, 0.3) is 11.5 Å². The summed E-state index contributed by atoms with van der Waals surface area (Å²) in [7, 11) is 0. The van der Waals surface area contributed by atoms with Gasteiger partial charge in [0.1, 0.15) is 0 Å². The Hall–Kier alpha value is -3.94. The maximum Gasteiger partial charge on any atom is 0.266 e. The zero-order valence-electron chi connectivity index (χ0n) is 20.8. The van der Waals surface area contributed by atoms with Crippen LogP contribution in [0, 0.1) is 0 Å². The largest absolute Gasteiger partial charge is 0.351 e. The van der Waals surface area contributed by atoms with Gasteiger partial charge >= 0.3 is 0 Å². The molecule has 0 radical (unpaired) electrons. The molecular weight excluding hydrogens is 452 g/mol. The van der Waals surface area contributed by atoms with Crippen molar-refractivity contribution in [2.24, 2.45) is 0 Å². The van der Waals surface area contributed by atoms with Crippen LogP contribution in [0.15, 0.2) is 59.4 Å². The molecule has 2 aromatic carbocycles. The second-order valence-electron chi connectivity index (χ2n) is 10.9. The molecule has 2 atom stereocenters. The van der Waals surface area contributed by atoms with Crippen molar-refractivity contribution in [3.05, 3.63) is 81.6 Å². The van der Waals surface area contributed by atoms with Gasteiger partial charge in [0.15, 0.2) is 11.5 Å². The minimum Gasteiger partial charge on any atom is -0.351 e. The van der Waals surface area contributed by atoms with Crippen molar-refractivity contribution in [1.82, 2.24) is 24.5 Å². The van der Waals surface area contributed by atoms with E-state index in [1.54, 1.807) is 4.52 Å². The van der Waals surface area contributed by atoms with Crippen LogP contribution in [-0.2, 0) is 11.8 Å². The van der Waals surface area contributed by atoms with Crippen molar-refractivity contribution in [2.75, 3.05) is 11.9 Å². The fourth-order valence-corrected chi connectivity index (χ4v) is 5.40. The number of hydrogen-bond acceptors (Lipinski definition) is 5. The summed E-state index contributed by atoms with van der Waals surface area (Å²) in [5.74, 6) is 1.25. The number of piperidine rings is 1. The van der Waals surface area contributed by atoms with Gasteiger partial charge in [0.2, 0.25) is 5.95 Å². The van der Waals surface area contributed by atoms with Gasteiger partial charge in [-0.25, -0.2) is 9.50 Å². The van der Waals surface area contributed by atoms with Crippen molar-refractivity contribution >= 4 is 17.5 Å². The standard InChI is InChI=1S/C28H30N6O2/c1-28(2,3)19-10-8-17(9-11-19)25-30-23-16-24(35)32-34(23)27(31-25)29-20-12-13-33-21(15-20)14-18-6-4-5-7-22(18)26(33)36/h4-11,16,20-21H,12-15H2,1-3H3,(H,32,35)(H,29,30,31). The van der Waals surface area contributed by atoms with Crippen molar-refractivity contribution in [3.63, 3.8) is 0 Å². The summed E-state index contributed by atoms with van der Waals surface area (Å²) in [5.41, 5.74) is 4.42. The van der Waals surface area contributed by atoms with Gasteiger partial charge in [0.05, 0.1) is 0 Å². The summed E-state index contributed by atoms with van der Waals surface area (Å²) >= 11 is 0. The van der Waals surface area contributed by atoms with Crippen molar-refractivity contribution in [3.8, 4) is 11.4 Å². The van der Waals surface area contributed by atoms with Crippen LogP contribution in [0.1, 0.15) is 55.1 Å². The molecule has 1 fully saturated rings. The topological polar surface area (TPSA) is 95.4 Å². The predicted octanol–water partition coefficient (Wildman–Crippen LogP) is 4.02. The molecule has 6 rings (SSSR count). The normalized spacial score (nSPS) is 19.8. The van der Waals surface area contributed by atoms with Gasteiger partial charge in [-0.1, -0.05) is 63.2 Å². The summed E-state index contributed by atoms with van der Waals surface area (Å²) in [5, 5.41) is 6.37. The number of benzene rings is 2. The number of fused-ring (bicyclic) bond motifs is 3. The van der Waals surface area contributed by atoms with Crippen molar-refractivity contribution in [1.29, 1.82) is 0 Å². The molecule has 2 N–H and O–H groups in total. The molecule has 2 unspecified atom stereocenters. The minimum absolute atomic E-state index is 0.0554. The predicted molar refractivity (Wildman–Crippen MR) is 139 cm³/mol. The fraction of sp³-hybridized carbons (Fsp3) is 0.357. The number of H-pyrrole nitrogens is 1. The fourth-order valence-electron chi connectivity index (χ4n) is 5.40. The van der Waals surface area contributed by atoms with Gasteiger partial charge in [-0.05, 0) is 41.9 Å². The van der Waals surface area contributed by atoms with E-state index in [0.29, 0.717) is 24.0 Å². The maximum absolute atomic E-state index is 13.0. The molecule has 4 aromatic rings. The average Bonchev–Trinajstić information content (AvgIpc) is 3.24. The Morgan fingerprint density at radius 2 is 1.81 bits per heavy atom. The van der Waals surface area contributed by atoms with Crippen LogP contribution < -0.4 is 10.9 Å². The van der Waals surface area contributed by atoms with Crippen LogP contribution in [0.25, 0.3) is 17.0 Å². The molecule has 2 aromatic heterocycles. The summed E-state index contributed by atoms with van der Waals surface area (Å²) in [6.07, 6.45) is 2.47. The molecule has 0 saturated carbocycles. The molecule has 36 heavy (non-hydrogen) atoms. The van der Waals surface area contributed by atoms with Crippen molar-refractivity contribution < 1.29 is 4.79 Å². The number of hydrogen-bond donors (Lipinski definition) is 2.